The molecule has 1 unspecified atom stereocenters. The first kappa shape index (κ1) is 14.4. The molecule has 0 spiro atoms. The normalized spacial score (nSPS) is 13.1. The molecule has 0 aliphatic carbocycles. The van der Waals surface area contributed by atoms with Gasteiger partial charge in [0.05, 0.1) is 5.38 Å². The van der Waals surface area contributed by atoms with Crippen LogP contribution >= 0.6 is 11.6 Å². The molecule has 0 radical (unpaired) electrons. The standard InChI is InChI=1S/C13H17ClF2O/c1-9-3-4-11(7-10(9)2)12(14)5-6-17-8-13(15)16/h3-4,7,12-13H,5-6,8H2,1-2H3. The fourth-order valence-electron chi connectivity index (χ4n) is 1.49. The number of alkyl halides is 3. The third kappa shape index (κ3) is 5.00. The van der Waals surface area contributed by atoms with Gasteiger partial charge in [-0.1, -0.05) is 18.2 Å². The Morgan fingerprint density at radius 2 is 1.94 bits per heavy atom. The average Bonchev–Trinajstić information content (AvgIpc) is 2.27. The highest BCUT2D eigenvalue weighted by atomic mass is 35.5. The van der Waals surface area contributed by atoms with Crippen LogP contribution in [0.2, 0.25) is 0 Å². The lowest BCUT2D eigenvalue weighted by Crippen LogP contribution is -2.07. The van der Waals surface area contributed by atoms with Crippen molar-refractivity contribution in [3.05, 3.63) is 34.9 Å². The first-order chi connectivity index (χ1) is 8.00. The van der Waals surface area contributed by atoms with E-state index >= 15 is 0 Å². The Balaban J connectivity index is 2.41. The van der Waals surface area contributed by atoms with Crippen LogP contribution in [0.25, 0.3) is 0 Å². The molecular formula is C13H17ClF2O. The molecule has 0 fully saturated rings. The lowest BCUT2D eigenvalue weighted by Gasteiger charge is -2.12. The van der Waals surface area contributed by atoms with Crippen molar-refractivity contribution >= 4 is 11.6 Å². The smallest absolute Gasteiger partial charge is 0.261 e. The molecule has 0 saturated heterocycles. The summed E-state index contributed by atoms with van der Waals surface area (Å²) >= 11 is 6.18. The van der Waals surface area contributed by atoms with E-state index in [-0.39, 0.29) is 12.0 Å². The van der Waals surface area contributed by atoms with Crippen molar-refractivity contribution in [1.29, 1.82) is 0 Å². The molecule has 1 nitrogen and oxygen atoms in total. The molecule has 0 bridgehead atoms. The number of hydrogen-bond donors (Lipinski definition) is 0. The van der Waals surface area contributed by atoms with Crippen molar-refractivity contribution in [2.24, 2.45) is 0 Å². The maximum Gasteiger partial charge on any atom is 0.261 e. The number of rotatable bonds is 6. The van der Waals surface area contributed by atoms with Crippen LogP contribution in [0.15, 0.2) is 18.2 Å². The number of hydrogen-bond acceptors (Lipinski definition) is 1. The molecule has 0 aliphatic heterocycles. The van der Waals surface area contributed by atoms with Gasteiger partial charge >= 0.3 is 0 Å². The average molecular weight is 263 g/mol. The summed E-state index contributed by atoms with van der Waals surface area (Å²) in [5.74, 6) is 0. The van der Waals surface area contributed by atoms with Crippen LogP contribution in [0.4, 0.5) is 8.78 Å². The Kier molecular flexibility index (Phi) is 5.86. The molecule has 1 aromatic carbocycles. The van der Waals surface area contributed by atoms with Crippen molar-refractivity contribution in [3.63, 3.8) is 0 Å². The van der Waals surface area contributed by atoms with Crippen LogP contribution in [-0.2, 0) is 4.74 Å². The van der Waals surface area contributed by atoms with Gasteiger partial charge in [0, 0.05) is 6.61 Å². The third-order valence-electron chi connectivity index (χ3n) is 2.65. The molecular weight excluding hydrogens is 246 g/mol. The van der Waals surface area contributed by atoms with E-state index < -0.39 is 13.0 Å². The molecule has 0 N–H and O–H groups in total. The molecule has 0 heterocycles. The molecule has 0 aromatic heterocycles. The summed E-state index contributed by atoms with van der Waals surface area (Å²) in [6, 6.07) is 6.01. The zero-order valence-corrected chi connectivity index (χ0v) is 10.8. The largest absolute Gasteiger partial charge is 0.375 e. The van der Waals surface area contributed by atoms with Crippen LogP contribution in [0.1, 0.15) is 28.5 Å². The van der Waals surface area contributed by atoms with E-state index in [0.717, 1.165) is 5.56 Å². The van der Waals surface area contributed by atoms with E-state index in [4.69, 9.17) is 16.3 Å². The van der Waals surface area contributed by atoms with Gasteiger partial charge in [-0.25, -0.2) is 8.78 Å². The van der Waals surface area contributed by atoms with E-state index in [1.54, 1.807) is 0 Å². The monoisotopic (exact) mass is 262 g/mol. The summed E-state index contributed by atoms with van der Waals surface area (Å²) in [6.45, 7) is 3.80. The third-order valence-corrected chi connectivity index (χ3v) is 3.12. The minimum absolute atomic E-state index is 0.188. The second-order valence-electron chi connectivity index (χ2n) is 4.07. The van der Waals surface area contributed by atoms with Crippen molar-refractivity contribution in [3.8, 4) is 0 Å². The number of benzene rings is 1. The Bertz CT molecular complexity index is 355. The van der Waals surface area contributed by atoms with Gasteiger partial charge in [0.2, 0.25) is 0 Å². The molecule has 17 heavy (non-hydrogen) atoms. The molecule has 1 aromatic rings. The second kappa shape index (κ2) is 6.92. The van der Waals surface area contributed by atoms with Gasteiger partial charge in [0.25, 0.3) is 6.43 Å². The van der Waals surface area contributed by atoms with E-state index in [9.17, 15) is 8.78 Å². The minimum atomic E-state index is -2.41. The van der Waals surface area contributed by atoms with E-state index in [2.05, 4.69) is 0 Å². The summed E-state index contributed by atoms with van der Waals surface area (Å²) in [5, 5.41) is -0.188. The Morgan fingerprint density at radius 1 is 1.24 bits per heavy atom. The zero-order chi connectivity index (χ0) is 12.8. The lowest BCUT2D eigenvalue weighted by atomic mass is 10.0. The molecule has 0 saturated carbocycles. The van der Waals surface area contributed by atoms with Gasteiger partial charge in [-0.05, 0) is 37.0 Å². The summed E-state index contributed by atoms with van der Waals surface area (Å²) < 4.78 is 28.4. The molecule has 4 heteroatoms. The zero-order valence-electron chi connectivity index (χ0n) is 10.1. The summed E-state index contributed by atoms with van der Waals surface area (Å²) in [5.41, 5.74) is 3.41. The SMILES string of the molecule is Cc1ccc(C(Cl)CCOCC(F)F)cc1C. The first-order valence-electron chi connectivity index (χ1n) is 5.58. The van der Waals surface area contributed by atoms with Gasteiger partial charge in [0.15, 0.2) is 0 Å². The molecule has 96 valence electrons. The maximum absolute atomic E-state index is 11.8. The first-order valence-corrected chi connectivity index (χ1v) is 6.01. The van der Waals surface area contributed by atoms with Crippen LogP contribution in [0.3, 0.4) is 0 Å². The molecule has 0 aliphatic rings. The van der Waals surface area contributed by atoms with Crippen LogP contribution in [0.5, 0.6) is 0 Å². The number of halogens is 3. The Labute approximate surface area is 106 Å². The lowest BCUT2D eigenvalue weighted by molar-refractivity contribution is 0.0165. The van der Waals surface area contributed by atoms with Crippen LogP contribution in [0, 0.1) is 13.8 Å². The van der Waals surface area contributed by atoms with Gasteiger partial charge in [-0.3, -0.25) is 0 Å². The fourth-order valence-corrected chi connectivity index (χ4v) is 1.71. The summed E-state index contributed by atoms with van der Waals surface area (Å²) in [6.07, 6.45) is -1.87. The molecule has 1 atom stereocenters. The topological polar surface area (TPSA) is 9.23 Å². The van der Waals surface area contributed by atoms with Gasteiger partial charge in [-0.2, -0.15) is 0 Å². The van der Waals surface area contributed by atoms with Crippen molar-refractivity contribution in [2.75, 3.05) is 13.2 Å². The van der Waals surface area contributed by atoms with Crippen molar-refractivity contribution in [2.45, 2.75) is 32.1 Å². The Hall–Kier alpha value is -0.670. The van der Waals surface area contributed by atoms with E-state index in [1.165, 1.54) is 11.1 Å². The number of ether oxygens (including phenoxy) is 1. The second-order valence-corrected chi connectivity index (χ2v) is 4.59. The fraction of sp³-hybridized carbons (Fsp3) is 0.538. The van der Waals surface area contributed by atoms with Gasteiger partial charge < -0.3 is 4.74 Å². The number of aryl methyl sites for hydroxylation is 2. The maximum atomic E-state index is 11.8. The predicted molar refractivity (Wildman–Crippen MR) is 66.0 cm³/mol. The molecule has 1 rings (SSSR count). The van der Waals surface area contributed by atoms with Gasteiger partial charge in [-0.15, -0.1) is 11.6 Å². The Morgan fingerprint density at radius 3 is 2.53 bits per heavy atom. The molecule has 0 amide bonds. The predicted octanol–water partition coefficient (Wildman–Crippen LogP) is 4.26. The summed E-state index contributed by atoms with van der Waals surface area (Å²) in [7, 11) is 0. The minimum Gasteiger partial charge on any atom is -0.375 e. The highest BCUT2D eigenvalue weighted by Gasteiger charge is 2.09. The highest BCUT2D eigenvalue weighted by molar-refractivity contribution is 6.20. The van der Waals surface area contributed by atoms with Crippen LogP contribution < -0.4 is 0 Å². The highest BCUT2D eigenvalue weighted by Crippen LogP contribution is 2.25. The van der Waals surface area contributed by atoms with Gasteiger partial charge in [0.1, 0.15) is 6.61 Å². The van der Waals surface area contributed by atoms with E-state index in [1.807, 2.05) is 32.0 Å². The quantitative estimate of drug-likeness (QED) is 0.550. The summed E-state index contributed by atoms with van der Waals surface area (Å²) in [4.78, 5) is 0. The van der Waals surface area contributed by atoms with Crippen molar-refractivity contribution < 1.29 is 13.5 Å². The van der Waals surface area contributed by atoms with E-state index in [0.29, 0.717) is 6.42 Å². The van der Waals surface area contributed by atoms with Crippen LogP contribution in [-0.4, -0.2) is 19.6 Å². The van der Waals surface area contributed by atoms with Crippen molar-refractivity contribution in [1.82, 2.24) is 0 Å².